The van der Waals surface area contributed by atoms with Crippen LogP contribution in [0.1, 0.15) is 53.9 Å². The largest absolute Gasteiger partial charge is 0.461 e. The van der Waals surface area contributed by atoms with E-state index < -0.39 is 41.1 Å². The average Bonchev–Trinajstić information content (AvgIpc) is 3.05. The number of amides is 2. The smallest absolute Gasteiger partial charge is 0.313 e. The van der Waals surface area contributed by atoms with Gasteiger partial charge in [0.05, 0.1) is 24.2 Å². The molecule has 8 heteroatoms. The minimum Gasteiger partial charge on any atom is -0.461 e. The lowest BCUT2D eigenvalue weighted by Crippen LogP contribution is -2.60. The van der Waals surface area contributed by atoms with Crippen LogP contribution in [0.15, 0.2) is 24.3 Å². The minimum absolute atomic E-state index is 0.0168. The van der Waals surface area contributed by atoms with Crippen molar-refractivity contribution in [3.63, 3.8) is 0 Å². The quantitative estimate of drug-likeness (QED) is 0.448. The second-order valence-corrected chi connectivity index (χ2v) is 10.4. The van der Waals surface area contributed by atoms with Crippen LogP contribution in [0.2, 0.25) is 0 Å². The van der Waals surface area contributed by atoms with Crippen LogP contribution in [0, 0.1) is 17.8 Å². The van der Waals surface area contributed by atoms with Crippen LogP contribution in [-0.2, 0) is 23.9 Å². The second kappa shape index (κ2) is 9.11. The van der Waals surface area contributed by atoms with Crippen LogP contribution in [0.3, 0.4) is 0 Å². The maximum absolute atomic E-state index is 14.2. The van der Waals surface area contributed by atoms with Gasteiger partial charge in [0.1, 0.15) is 24.2 Å². The van der Waals surface area contributed by atoms with Gasteiger partial charge < -0.3 is 24.4 Å². The van der Waals surface area contributed by atoms with Crippen molar-refractivity contribution >= 4 is 17.8 Å². The van der Waals surface area contributed by atoms with E-state index in [1.165, 1.54) is 0 Å². The van der Waals surface area contributed by atoms with Gasteiger partial charge in [-0.25, -0.2) is 0 Å². The SMILES string of the molecule is CCCC(C)N1CC=C[C@]23O[C@@]4(C)C=CCOC(=O)[C@H]4[C@H]2C(=O)N([C@@H](CO)[C@@H](C)CC)C3C1=O. The molecule has 4 heterocycles. The molecule has 0 aromatic rings. The van der Waals surface area contributed by atoms with Gasteiger partial charge in [-0.3, -0.25) is 14.4 Å². The molecule has 0 radical (unpaired) electrons. The van der Waals surface area contributed by atoms with E-state index in [2.05, 4.69) is 6.92 Å². The summed E-state index contributed by atoms with van der Waals surface area (Å²) in [7, 11) is 0. The number of likely N-dealkylation sites (tertiary alicyclic amines) is 1. The lowest BCUT2D eigenvalue weighted by atomic mass is 9.74. The number of carbonyl (C=O) groups is 3. The Morgan fingerprint density at radius 3 is 2.50 bits per heavy atom. The van der Waals surface area contributed by atoms with Crippen LogP contribution >= 0.6 is 0 Å². The van der Waals surface area contributed by atoms with Crippen molar-refractivity contribution < 1.29 is 29.0 Å². The van der Waals surface area contributed by atoms with Gasteiger partial charge in [0.25, 0.3) is 0 Å². The molecule has 1 spiro atoms. The van der Waals surface area contributed by atoms with Gasteiger partial charge in [-0.2, -0.15) is 0 Å². The van der Waals surface area contributed by atoms with E-state index >= 15 is 0 Å². The highest BCUT2D eigenvalue weighted by molar-refractivity contribution is 5.99. The molecule has 2 unspecified atom stereocenters. The lowest BCUT2D eigenvalue weighted by Gasteiger charge is -2.42. The fourth-order valence-corrected chi connectivity index (χ4v) is 6.45. The summed E-state index contributed by atoms with van der Waals surface area (Å²) in [4.78, 5) is 44.9. The molecule has 34 heavy (non-hydrogen) atoms. The van der Waals surface area contributed by atoms with E-state index in [0.29, 0.717) is 6.54 Å². The lowest BCUT2D eigenvalue weighted by molar-refractivity contribution is -0.161. The van der Waals surface area contributed by atoms with Gasteiger partial charge in [-0.05, 0) is 32.3 Å². The molecule has 0 aromatic heterocycles. The standard InChI is InChI=1S/C26H38N2O6/c1-6-10-17(4)27-13-8-12-26-19(20-24(32)33-14-9-11-25(20,5)34-26)22(30)28(21(26)23(27)31)18(15-29)16(3)7-2/h8-9,11-12,16-21,29H,6-7,10,13-15H2,1-5H3/t16-,17?,18-,19-,20+,21?,25-,26-/m0/s1. The Labute approximate surface area is 201 Å². The van der Waals surface area contributed by atoms with Gasteiger partial charge in [-0.1, -0.05) is 51.8 Å². The Balaban J connectivity index is 1.89. The van der Waals surface area contributed by atoms with Crippen molar-refractivity contribution in [2.75, 3.05) is 19.8 Å². The summed E-state index contributed by atoms with van der Waals surface area (Å²) in [5.74, 6) is -2.83. The van der Waals surface area contributed by atoms with E-state index in [0.717, 1.165) is 19.3 Å². The monoisotopic (exact) mass is 474 g/mol. The number of rotatable bonds is 7. The zero-order valence-corrected chi connectivity index (χ0v) is 20.9. The maximum atomic E-state index is 14.2. The van der Waals surface area contributed by atoms with Crippen LogP contribution in [0.4, 0.5) is 0 Å². The average molecular weight is 475 g/mol. The van der Waals surface area contributed by atoms with Crippen molar-refractivity contribution in [2.45, 2.75) is 83.2 Å². The zero-order valence-electron chi connectivity index (χ0n) is 20.9. The molecule has 2 fully saturated rings. The Bertz CT molecular complexity index is 902. The first-order valence-electron chi connectivity index (χ1n) is 12.6. The molecule has 8 nitrogen and oxygen atoms in total. The molecule has 4 aliphatic heterocycles. The van der Waals surface area contributed by atoms with Gasteiger partial charge in [0.2, 0.25) is 11.8 Å². The molecule has 2 saturated heterocycles. The topological polar surface area (TPSA) is 96.4 Å². The summed E-state index contributed by atoms with van der Waals surface area (Å²) in [5.41, 5.74) is -2.38. The maximum Gasteiger partial charge on any atom is 0.313 e. The summed E-state index contributed by atoms with van der Waals surface area (Å²) >= 11 is 0. The fourth-order valence-electron chi connectivity index (χ4n) is 6.45. The predicted octanol–water partition coefficient (Wildman–Crippen LogP) is 2.06. The van der Waals surface area contributed by atoms with E-state index in [-0.39, 0.29) is 37.0 Å². The molecule has 0 aliphatic carbocycles. The van der Waals surface area contributed by atoms with Gasteiger partial charge >= 0.3 is 5.97 Å². The number of ether oxygens (including phenoxy) is 2. The number of fused-ring (bicyclic) bond motifs is 2. The molecular weight excluding hydrogens is 436 g/mol. The van der Waals surface area contributed by atoms with Gasteiger partial charge in [0, 0.05) is 12.6 Å². The molecule has 1 N–H and O–H groups in total. The first-order chi connectivity index (χ1) is 16.2. The Hall–Kier alpha value is -2.19. The molecule has 0 saturated carbocycles. The Morgan fingerprint density at radius 1 is 1.12 bits per heavy atom. The van der Waals surface area contributed by atoms with Crippen LogP contribution < -0.4 is 0 Å². The highest BCUT2D eigenvalue weighted by Crippen LogP contribution is 2.58. The first kappa shape index (κ1) is 24.9. The van der Waals surface area contributed by atoms with Gasteiger partial charge in [0.15, 0.2) is 0 Å². The van der Waals surface area contributed by atoms with Crippen molar-refractivity contribution in [1.29, 1.82) is 0 Å². The van der Waals surface area contributed by atoms with Crippen molar-refractivity contribution in [1.82, 2.24) is 9.80 Å². The Kier molecular flexibility index (Phi) is 6.68. The Morgan fingerprint density at radius 2 is 1.85 bits per heavy atom. The predicted molar refractivity (Wildman–Crippen MR) is 125 cm³/mol. The van der Waals surface area contributed by atoms with E-state index in [1.807, 2.05) is 32.9 Å². The number of aliphatic hydroxyl groups is 1. The molecule has 2 amide bonds. The third-order valence-corrected chi connectivity index (χ3v) is 8.37. The fraction of sp³-hybridized carbons (Fsp3) is 0.731. The molecule has 4 rings (SSSR count). The summed E-state index contributed by atoms with van der Waals surface area (Å²) in [6.45, 7) is 10.1. The number of hydrogen-bond donors (Lipinski definition) is 1. The summed E-state index contributed by atoms with van der Waals surface area (Å²) in [5, 5.41) is 10.4. The zero-order chi connectivity index (χ0) is 24.8. The highest BCUT2D eigenvalue weighted by atomic mass is 16.6. The minimum atomic E-state index is -1.31. The summed E-state index contributed by atoms with van der Waals surface area (Å²) in [6.07, 6.45) is 9.75. The number of esters is 1. The summed E-state index contributed by atoms with van der Waals surface area (Å²) < 4.78 is 12.1. The summed E-state index contributed by atoms with van der Waals surface area (Å²) in [6, 6.07) is -1.54. The normalized spacial score (nSPS) is 37.5. The molecule has 8 atom stereocenters. The van der Waals surface area contributed by atoms with E-state index in [1.54, 1.807) is 28.9 Å². The van der Waals surface area contributed by atoms with Crippen molar-refractivity contribution in [3.8, 4) is 0 Å². The number of hydrogen-bond acceptors (Lipinski definition) is 6. The molecule has 4 aliphatic rings. The van der Waals surface area contributed by atoms with Gasteiger partial charge in [-0.15, -0.1) is 0 Å². The molecular formula is C26H38N2O6. The van der Waals surface area contributed by atoms with Crippen LogP contribution in [0.25, 0.3) is 0 Å². The van der Waals surface area contributed by atoms with E-state index in [9.17, 15) is 19.5 Å². The number of nitrogens with zero attached hydrogens (tertiary/aromatic N) is 2. The molecule has 188 valence electrons. The van der Waals surface area contributed by atoms with Crippen LogP contribution in [0.5, 0.6) is 0 Å². The van der Waals surface area contributed by atoms with Crippen LogP contribution in [-0.4, -0.2) is 81.8 Å². The number of cyclic esters (lactones) is 1. The third-order valence-electron chi connectivity index (χ3n) is 8.37. The molecule has 0 bridgehead atoms. The van der Waals surface area contributed by atoms with Crippen molar-refractivity contribution in [2.24, 2.45) is 17.8 Å². The number of aliphatic hydroxyl groups excluding tert-OH is 1. The second-order valence-electron chi connectivity index (χ2n) is 10.4. The van der Waals surface area contributed by atoms with Crippen molar-refractivity contribution in [3.05, 3.63) is 24.3 Å². The van der Waals surface area contributed by atoms with E-state index in [4.69, 9.17) is 9.47 Å². The first-order valence-corrected chi connectivity index (χ1v) is 12.6. The third kappa shape index (κ3) is 3.52. The highest BCUT2D eigenvalue weighted by Gasteiger charge is 2.75. The molecule has 0 aromatic carbocycles. The number of carbonyl (C=O) groups excluding carboxylic acids is 3.